The Morgan fingerprint density at radius 2 is 1.50 bits per heavy atom. The van der Waals surface area contributed by atoms with E-state index in [1.807, 2.05) is 6.07 Å². The van der Waals surface area contributed by atoms with Gasteiger partial charge in [-0.25, -0.2) is 0 Å². The molecule has 0 aliphatic heterocycles. The van der Waals surface area contributed by atoms with E-state index in [2.05, 4.69) is 60.7 Å². The van der Waals surface area contributed by atoms with Gasteiger partial charge in [0, 0.05) is 5.92 Å². The Labute approximate surface area is 119 Å². The van der Waals surface area contributed by atoms with Crippen LogP contribution in [0.25, 0.3) is 11.1 Å². The molecule has 3 unspecified atom stereocenters. The Morgan fingerprint density at radius 3 is 2.15 bits per heavy atom. The van der Waals surface area contributed by atoms with Crippen LogP contribution in [0.15, 0.2) is 66.7 Å². The standard InChI is InChI=1S/C19H18O/c1-2-4-15(5-3-1)16-8-10-18(11-9-16)20-19-13-14-6-7-17(19)12-14/h1-11,14,17,19H,12-13H2. The molecule has 0 N–H and O–H groups in total. The molecule has 1 fully saturated rings. The number of benzene rings is 2. The Balaban J connectivity index is 1.49. The molecule has 0 saturated heterocycles. The third-order valence-corrected chi connectivity index (χ3v) is 4.47. The van der Waals surface area contributed by atoms with Crippen LogP contribution >= 0.6 is 0 Å². The van der Waals surface area contributed by atoms with Gasteiger partial charge in [0.05, 0.1) is 0 Å². The Kier molecular flexibility index (Phi) is 2.84. The van der Waals surface area contributed by atoms with E-state index in [-0.39, 0.29) is 0 Å². The Bertz CT molecular complexity index is 612. The van der Waals surface area contributed by atoms with Gasteiger partial charge in [-0.1, -0.05) is 54.6 Å². The summed E-state index contributed by atoms with van der Waals surface area (Å²) >= 11 is 0. The van der Waals surface area contributed by atoms with Gasteiger partial charge in [-0.2, -0.15) is 0 Å². The molecule has 2 aromatic rings. The lowest BCUT2D eigenvalue weighted by Gasteiger charge is -2.20. The average Bonchev–Trinajstić information content (AvgIpc) is 3.12. The molecular weight excluding hydrogens is 244 g/mol. The lowest BCUT2D eigenvalue weighted by Crippen LogP contribution is -2.21. The first-order valence-electron chi connectivity index (χ1n) is 7.39. The molecule has 0 radical (unpaired) electrons. The van der Waals surface area contributed by atoms with Crippen LogP contribution in [0.3, 0.4) is 0 Å². The fourth-order valence-corrected chi connectivity index (χ4v) is 3.40. The van der Waals surface area contributed by atoms with E-state index in [9.17, 15) is 0 Å². The maximum absolute atomic E-state index is 6.15. The van der Waals surface area contributed by atoms with Crippen molar-refractivity contribution in [2.45, 2.75) is 18.9 Å². The van der Waals surface area contributed by atoms with Gasteiger partial charge >= 0.3 is 0 Å². The largest absolute Gasteiger partial charge is 0.490 e. The molecule has 0 spiro atoms. The van der Waals surface area contributed by atoms with Gasteiger partial charge in [0.2, 0.25) is 0 Å². The summed E-state index contributed by atoms with van der Waals surface area (Å²) in [6.07, 6.45) is 7.53. The van der Waals surface area contributed by atoms with Crippen LogP contribution in [0.1, 0.15) is 12.8 Å². The first kappa shape index (κ1) is 11.8. The normalized spacial score (nSPS) is 26.9. The second-order valence-corrected chi connectivity index (χ2v) is 5.83. The summed E-state index contributed by atoms with van der Waals surface area (Å²) in [5.74, 6) is 2.39. The fraction of sp³-hybridized carbons (Fsp3) is 0.263. The molecule has 100 valence electrons. The maximum Gasteiger partial charge on any atom is 0.119 e. The Morgan fingerprint density at radius 1 is 0.750 bits per heavy atom. The van der Waals surface area contributed by atoms with Crippen molar-refractivity contribution in [3.8, 4) is 16.9 Å². The number of fused-ring (bicyclic) bond motifs is 2. The molecule has 1 heteroatoms. The van der Waals surface area contributed by atoms with Gasteiger partial charge in [-0.15, -0.1) is 0 Å². The highest BCUT2D eigenvalue weighted by molar-refractivity contribution is 5.63. The third kappa shape index (κ3) is 2.14. The summed E-state index contributed by atoms with van der Waals surface area (Å²) in [6.45, 7) is 0. The van der Waals surface area contributed by atoms with E-state index in [0.29, 0.717) is 12.0 Å². The van der Waals surface area contributed by atoms with Crippen LogP contribution in [-0.2, 0) is 0 Å². The molecule has 1 saturated carbocycles. The lowest BCUT2D eigenvalue weighted by molar-refractivity contribution is 0.175. The van der Waals surface area contributed by atoms with Crippen molar-refractivity contribution in [3.05, 3.63) is 66.7 Å². The van der Waals surface area contributed by atoms with E-state index in [1.54, 1.807) is 0 Å². The number of allylic oxidation sites excluding steroid dienone is 1. The highest BCUT2D eigenvalue weighted by Crippen LogP contribution is 2.41. The van der Waals surface area contributed by atoms with Gasteiger partial charge in [-0.05, 0) is 42.0 Å². The maximum atomic E-state index is 6.15. The van der Waals surface area contributed by atoms with Crippen molar-refractivity contribution in [2.75, 3.05) is 0 Å². The molecule has 0 amide bonds. The molecule has 2 aromatic carbocycles. The predicted molar refractivity (Wildman–Crippen MR) is 81.6 cm³/mol. The highest BCUT2D eigenvalue weighted by Gasteiger charge is 2.37. The van der Waals surface area contributed by atoms with Crippen molar-refractivity contribution in [3.63, 3.8) is 0 Å². The van der Waals surface area contributed by atoms with Gasteiger partial charge in [0.25, 0.3) is 0 Å². The molecule has 3 atom stereocenters. The highest BCUT2D eigenvalue weighted by atomic mass is 16.5. The first-order valence-corrected chi connectivity index (χ1v) is 7.39. The molecule has 0 aromatic heterocycles. The zero-order valence-corrected chi connectivity index (χ0v) is 11.4. The van der Waals surface area contributed by atoms with Crippen molar-refractivity contribution in [1.29, 1.82) is 0 Å². The minimum absolute atomic E-state index is 0.382. The molecule has 2 bridgehead atoms. The Hall–Kier alpha value is -2.02. The summed E-state index contributed by atoms with van der Waals surface area (Å²) in [5.41, 5.74) is 2.49. The monoisotopic (exact) mass is 262 g/mol. The summed E-state index contributed by atoms with van der Waals surface area (Å²) in [5, 5.41) is 0. The van der Waals surface area contributed by atoms with E-state index in [4.69, 9.17) is 4.74 Å². The zero-order chi connectivity index (χ0) is 13.4. The van der Waals surface area contributed by atoms with E-state index in [0.717, 1.165) is 11.7 Å². The third-order valence-electron chi connectivity index (χ3n) is 4.47. The molecule has 20 heavy (non-hydrogen) atoms. The minimum Gasteiger partial charge on any atom is -0.490 e. The van der Waals surface area contributed by atoms with Crippen molar-refractivity contribution < 1.29 is 4.74 Å². The van der Waals surface area contributed by atoms with Gasteiger partial charge in [0.1, 0.15) is 11.9 Å². The number of hydrogen-bond acceptors (Lipinski definition) is 1. The van der Waals surface area contributed by atoms with Crippen LogP contribution in [0, 0.1) is 11.8 Å². The number of rotatable bonds is 3. The van der Waals surface area contributed by atoms with Crippen molar-refractivity contribution in [1.82, 2.24) is 0 Å². The smallest absolute Gasteiger partial charge is 0.119 e. The van der Waals surface area contributed by atoms with Crippen molar-refractivity contribution in [2.24, 2.45) is 11.8 Å². The molecule has 1 nitrogen and oxygen atoms in total. The summed E-state index contributed by atoms with van der Waals surface area (Å²) in [7, 11) is 0. The molecule has 2 aliphatic rings. The lowest BCUT2D eigenvalue weighted by atomic mass is 10.0. The minimum atomic E-state index is 0.382. The van der Waals surface area contributed by atoms with E-state index >= 15 is 0 Å². The van der Waals surface area contributed by atoms with Crippen LogP contribution in [0.2, 0.25) is 0 Å². The van der Waals surface area contributed by atoms with Crippen LogP contribution in [0.5, 0.6) is 5.75 Å². The second kappa shape index (κ2) is 4.82. The summed E-state index contributed by atoms with van der Waals surface area (Å²) < 4.78 is 6.15. The number of ether oxygens (including phenoxy) is 1. The first-order chi connectivity index (χ1) is 9.88. The van der Waals surface area contributed by atoms with Gasteiger partial charge in [0.15, 0.2) is 0 Å². The van der Waals surface area contributed by atoms with E-state index < -0.39 is 0 Å². The summed E-state index contributed by atoms with van der Waals surface area (Å²) in [4.78, 5) is 0. The molecule has 4 rings (SSSR count). The van der Waals surface area contributed by atoms with Gasteiger partial charge < -0.3 is 4.74 Å². The van der Waals surface area contributed by atoms with Crippen LogP contribution in [0.4, 0.5) is 0 Å². The molecule has 0 heterocycles. The predicted octanol–water partition coefficient (Wildman–Crippen LogP) is 4.70. The SMILES string of the molecule is C1=CC2CC1CC2Oc1ccc(-c2ccccc2)cc1. The van der Waals surface area contributed by atoms with Crippen LogP contribution in [-0.4, -0.2) is 6.10 Å². The van der Waals surface area contributed by atoms with E-state index in [1.165, 1.54) is 24.0 Å². The second-order valence-electron chi connectivity index (χ2n) is 5.83. The van der Waals surface area contributed by atoms with Gasteiger partial charge in [-0.3, -0.25) is 0 Å². The zero-order valence-electron chi connectivity index (χ0n) is 11.4. The van der Waals surface area contributed by atoms with Crippen LogP contribution < -0.4 is 4.74 Å². The fourth-order valence-electron chi connectivity index (χ4n) is 3.40. The quantitative estimate of drug-likeness (QED) is 0.729. The molecule has 2 aliphatic carbocycles. The van der Waals surface area contributed by atoms with Crippen molar-refractivity contribution >= 4 is 0 Å². The number of hydrogen-bond donors (Lipinski definition) is 0. The topological polar surface area (TPSA) is 9.23 Å². The summed E-state index contributed by atoms with van der Waals surface area (Å²) in [6, 6.07) is 18.9. The molecular formula is C19H18O. The average molecular weight is 262 g/mol.